The van der Waals surface area contributed by atoms with Crippen molar-refractivity contribution in [2.24, 2.45) is 0 Å². The third-order valence-corrected chi connectivity index (χ3v) is 7.38. The van der Waals surface area contributed by atoms with Crippen molar-refractivity contribution in [3.8, 4) is 11.1 Å². The molecule has 0 saturated heterocycles. The van der Waals surface area contributed by atoms with Gasteiger partial charge in [0.25, 0.3) is 0 Å². The van der Waals surface area contributed by atoms with Crippen molar-refractivity contribution in [3.63, 3.8) is 0 Å². The lowest BCUT2D eigenvalue weighted by atomic mass is 10.0. The van der Waals surface area contributed by atoms with E-state index in [0.717, 1.165) is 27.5 Å². The Balaban J connectivity index is 1.51. The molecule has 0 unspecified atom stereocenters. The predicted molar refractivity (Wildman–Crippen MR) is 144 cm³/mol. The second kappa shape index (κ2) is 8.40. The minimum Gasteiger partial charge on any atom is -0.310 e. The minimum atomic E-state index is 0.800. The number of halogens is 1. The number of benzene rings is 5. The van der Waals surface area contributed by atoms with Gasteiger partial charge in [0.05, 0.1) is 0 Å². The van der Waals surface area contributed by atoms with Crippen molar-refractivity contribution in [3.05, 3.63) is 126 Å². The highest BCUT2D eigenvalue weighted by atomic mass is 35.5. The van der Waals surface area contributed by atoms with Gasteiger partial charge in [-0.2, -0.15) is 0 Å². The molecule has 1 nitrogen and oxygen atoms in total. The van der Waals surface area contributed by atoms with E-state index in [0.29, 0.717) is 0 Å². The van der Waals surface area contributed by atoms with Crippen LogP contribution in [0.1, 0.15) is 0 Å². The first-order chi connectivity index (χ1) is 16.3. The number of rotatable bonds is 4. The third kappa shape index (κ3) is 3.68. The largest absolute Gasteiger partial charge is 0.310 e. The Morgan fingerprint density at radius 1 is 0.515 bits per heavy atom. The zero-order valence-corrected chi connectivity index (χ0v) is 19.4. The SMILES string of the molecule is Clc1cccc2sc3ccc(N(c4ccccc4)c4ccc(-c5ccccc5)cc4)cc3c12. The van der Waals surface area contributed by atoms with Crippen molar-refractivity contribution in [2.45, 2.75) is 0 Å². The summed E-state index contributed by atoms with van der Waals surface area (Å²) in [6.45, 7) is 0. The highest BCUT2D eigenvalue weighted by Gasteiger charge is 2.15. The van der Waals surface area contributed by atoms with E-state index < -0.39 is 0 Å². The van der Waals surface area contributed by atoms with Gasteiger partial charge in [-0.1, -0.05) is 78.3 Å². The lowest BCUT2D eigenvalue weighted by molar-refractivity contribution is 1.29. The van der Waals surface area contributed by atoms with Gasteiger partial charge in [0.15, 0.2) is 0 Å². The summed E-state index contributed by atoms with van der Waals surface area (Å²) < 4.78 is 2.46. The summed E-state index contributed by atoms with van der Waals surface area (Å²) in [7, 11) is 0. The molecule has 1 heterocycles. The van der Waals surface area contributed by atoms with Crippen molar-refractivity contribution >= 4 is 60.2 Å². The van der Waals surface area contributed by atoms with Gasteiger partial charge < -0.3 is 4.90 Å². The lowest BCUT2D eigenvalue weighted by Crippen LogP contribution is -2.09. The van der Waals surface area contributed by atoms with E-state index >= 15 is 0 Å². The van der Waals surface area contributed by atoms with Crippen LogP contribution in [0.25, 0.3) is 31.3 Å². The number of anilines is 3. The summed E-state index contributed by atoms with van der Waals surface area (Å²) in [5, 5.41) is 3.13. The van der Waals surface area contributed by atoms with E-state index in [1.807, 2.05) is 18.2 Å². The Bertz CT molecular complexity index is 1550. The van der Waals surface area contributed by atoms with Crippen molar-refractivity contribution in [2.75, 3.05) is 4.90 Å². The number of hydrogen-bond donors (Lipinski definition) is 0. The first-order valence-electron chi connectivity index (χ1n) is 10.9. The number of thiophene rings is 1. The van der Waals surface area contributed by atoms with Gasteiger partial charge in [0, 0.05) is 42.3 Å². The van der Waals surface area contributed by atoms with E-state index in [-0.39, 0.29) is 0 Å². The van der Waals surface area contributed by atoms with Gasteiger partial charge in [-0.05, 0) is 65.7 Å². The maximum atomic E-state index is 6.61. The fourth-order valence-corrected chi connectivity index (χ4v) is 5.81. The molecule has 3 heteroatoms. The molecule has 0 atom stereocenters. The highest BCUT2D eigenvalue weighted by Crippen LogP contribution is 2.42. The average Bonchev–Trinajstić information content (AvgIpc) is 3.25. The van der Waals surface area contributed by atoms with Crippen LogP contribution < -0.4 is 4.90 Å². The van der Waals surface area contributed by atoms with E-state index in [1.54, 1.807) is 11.3 Å². The highest BCUT2D eigenvalue weighted by molar-refractivity contribution is 7.26. The molecule has 0 spiro atoms. The van der Waals surface area contributed by atoms with E-state index in [9.17, 15) is 0 Å². The molecule has 5 aromatic carbocycles. The van der Waals surface area contributed by atoms with E-state index in [4.69, 9.17) is 11.6 Å². The molecule has 6 rings (SSSR count). The average molecular weight is 462 g/mol. The quantitative estimate of drug-likeness (QED) is 0.252. The van der Waals surface area contributed by atoms with Crippen LogP contribution in [0.2, 0.25) is 5.02 Å². The van der Waals surface area contributed by atoms with Gasteiger partial charge in [0.2, 0.25) is 0 Å². The molecule has 6 aromatic rings. The fourth-order valence-electron chi connectivity index (χ4n) is 4.37. The summed E-state index contributed by atoms with van der Waals surface area (Å²) >= 11 is 8.40. The topological polar surface area (TPSA) is 3.24 Å². The first kappa shape index (κ1) is 20.0. The Morgan fingerprint density at radius 2 is 1.15 bits per heavy atom. The molecule has 0 amide bonds. The Hall–Kier alpha value is -3.59. The Labute approximate surface area is 202 Å². The molecule has 158 valence electrons. The van der Waals surface area contributed by atoms with Crippen molar-refractivity contribution < 1.29 is 0 Å². The molecule has 0 N–H and O–H groups in total. The summed E-state index contributed by atoms with van der Waals surface area (Å²) in [6.07, 6.45) is 0. The second-order valence-corrected chi connectivity index (χ2v) is 9.47. The maximum absolute atomic E-state index is 6.61. The van der Waals surface area contributed by atoms with Crippen LogP contribution in [-0.4, -0.2) is 0 Å². The fraction of sp³-hybridized carbons (Fsp3) is 0. The zero-order chi connectivity index (χ0) is 22.2. The van der Waals surface area contributed by atoms with E-state index in [1.165, 1.54) is 25.9 Å². The van der Waals surface area contributed by atoms with Crippen LogP contribution >= 0.6 is 22.9 Å². The summed E-state index contributed by atoms with van der Waals surface area (Å²) in [5.74, 6) is 0. The molecule has 1 aromatic heterocycles. The number of para-hydroxylation sites is 1. The Kier molecular flexibility index (Phi) is 5.10. The Morgan fingerprint density at radius 3 is 1.91 bits per heavy atom. The molecular weight excluding hydrogens is 442 g/mol. The molecular formula is C30H20ClNS. The van der Waals surface area contributed by atoms with E-state index in [2.05, 4.69) is 108 Å². The standard InChI is InChI=1S/C30H20ClNS/c31-27-12-7-13-29-30(27)26-20-25(18-19-28(26)33-29)32(23-10-5-2-6-11-23)24-16-14-22(15-17-24)21-8-3-1-4-9-21/h1-20H. The number of nitrogens with zero attached hydrogens (tertiary/aromatic N) is 1. The monoisotopic (exact) mass is 461 g/mol. The van der Waals surface area contributed by atoms with Crippen LogP contribution in [0.15, 0.2) is 121 Å². The van der Waals surface area contributed by atoms with Gasteiger partial charge in [0.1, 0.15) is 0 Å². The second-order valence-electron chi connectivity index (χ2n) is 7.98. The molecule has 0 aliphatic heterocycles. The first-order valence-corrected chi connectivity index (χ1v) is 12.1. The van der Waals surface area contributed by atoms with Crippen LogP contribution in [0.4, 0.5) is 17.1 Å². The predicted octanol–water partition coefficient (Wildman–Crippen LogP) is 9.84. The van der Waals surface area contributed by atoms with Crippen LogP contribution in [0.3, 0.4) is 0 Å². The summed E-state index contributed by atoms with van der Waals surface area (Å²) in [5.41, 5.74) is 5.77. The van der Waals surface area contributed by atoms with Crippen molar-refractivity contribution in [1.82, 2.24) is 0 Å². The molecule has 0 fully saturated rings. The molecule has 33 heavy (non-hydrogen) atoms. The normalized spacial score (nSPS) is 11.2. The molecule has 0 radical (unpaired) electrons. The molecule has 0 aliphatic rings. The van der Waals surface area contributed by atoms with Crippen LogP contribution in [0, 0.1) is 0 Å². The van der Waals surface area contributed by atoms with Crippen LogP contribution in [0.5, 0.6) is 0 Å². The molecule has 0 saturated carbocycles. The maximum Gasteiger partial charge on any atom is 0.0499 e. The summed E-state index contributed by atoms with van der Waals surface area (Å²) in [4.78, 5) is 2.30. The number of hydrogen-bond acceptors (Lipinski definition) is 2. The summed E-state index contributed by atoms with van der Waals surface area (Å²) in [6, 6.07) is 42.6. The van der Waals surface area contributed by atoms with Gasteiger partial charge in [-0.25, -0.2) is 0 Å². The molecule has 0 bridgehead atoms. The van der Waals surface area contributed by atoms with Gasteiger partial charge >= 0.3 is 0 Å². The molecule has 0 aliphatic carbocycles. The third-order valence-electron chi connectivity index (χ3n) is 5.93. The van der Waals surface area contributed by atoms with Gasteiger partial charge in [-0.3, -0.25) is 0 Å². The zero-order valence-electron chi connectivity index (χ0n) is 17.8. The minimum absolute atomic E-state index is 0.800. The number of fused-ring (bicyclic) bond motifs is 3. The van der Waals surface area contributed by atoms with Gasteiger partial charge in [-0.15, -0.1) is 11.3 Å². The van der Waals surface area contributed by atoms with Crippen molar-refractivity contribution in [1.29, 1.82) is 0 Å². The van der Waals surface area contributed by atoms with Crippen LogP contribution in [-0.2, 0) is 0 Å². The smallest absolute Gasteiger partial charge is 0.0499 e. The lowest BCUT2D eigenvalue weighted by Gasteiger charge is -2.26.